The van der Waals surface area contributed by atoms with E-state index in [9.17, 15) is 22.8 Å². The number of rotatable bonds is 6. The summed E-state index contributed by atoms with van der Waals surface area (Å²) in [4.78, 5) is 30.3. The van der Waals surface area contributed by atoms with Gasteiger partial charge < -0.3 is 19.3 Å². The summed E-state index contributed by atoms with van der Waals surface area (Å²) >= 11 is 0. The van der Waals surface area contributed by atoms with Gasteiger partial charge in [0.1, 0.15) is 5.75 Å². The van der Waals surface area contributed by atoms with E-state index in [-0.39, 0.29) is 18.1 Å². The zero-order chi connectivity index (χ0) is 25.9. The summed E-state index contributed by atoms with van der Waals surface area (Å²) < 4.78 is 48.8. The average molecular weight is 512 g/mol. The lowest BCUT2D eigenvalue weighted by Gasteiger charge is -2.45. The lowest BCUT2D eigenvalue weighted by Crippen LogP contribution is -2.53. The highest BCUT2D eigenvalue weighted by Gasteiger charge is 2.45. The van der Waals surface area contributed by atoms with Gasteiger partial charge in [-0.15, -0.1) is 0 Å². The summed E-state index contributed by atoms with van der Waals surface area (Å²) in [6.45, 7) is 6.88. The summed E-state index contributed by atoms with van der Waals surface area (Å²) in [5.41, 5.74) is 2.07. The highest BCUT2D eigenvalue weighted by atomic mass is 19.4. The molecular weight excluding hydrogens is 475 g/mol. The Morgan fingerprint density at radius 3 is 2.33 bits per heavy atom. The Morgan fingerprint density at radius 2 is 1.67 bits per heavy atom. The number of aryl methyl sites for hydroxylation is 1. The van der Waals surface area contributed by atoms with Gasteiger partial charge in [-0.25, -0.2) is 4.79 Å². The first-order chi connectivity index (χ1) is 17.1. The van der Waals surface area contributed by atoms with Gasteiger partial charge in [0, 0.05) is 38.3 Å². The van der Waals surface area contributed by atoms with Crippen LogP contribution in [0.25, 0.3) is 0 Å². The first-order valence-electron chi connectivity index (χ1n) is 12.8. The molecule has 0 saturated carbocycles. The molecule has 0 aromatic heterocycles. The number of carbonyl (C=O) groups excluding carboxylic acids is 2. The second-order valence-electron chi connectivity index (χ2n) is 10.3. The molecule has 7 nitrogen and oxygen atoms in total. The van der Waals surface area contributed by atoms with Crippen molar-refractivity contribution in [1.29, 1.82) is 0 Å². The second-order valence-corrected chi connectivity index (χ2v) is 10.3. The normalized spacial score (nSPS) is 21.1. The number of nitrogens with zero attached hydrogens (tertiary/aromatic N) is 3. The van der Waals surface area contributed by atoms with Crippen LogP contribution in [0, 0.1) is 6.92 Å². The van der Waals surface area contributed by atoms with Gasteiger partial charge in [0.05, 0.1) is 0 Å². The lowest BCUT2D eigenvalue weighted by molar-refractivity contribution is -0.200. The quantitative estimate of drug-likeness (QED) is 0.562. The van der Waals surface area contributed by atoms with Crippen LogP contribution in [0.4, 0.5) is 18.0 Å². The first kappa shape index (κ1) is 26.6. The molecule has 3 saturated heterocycles. The Bertz CT molecular complexity index is 941. The number of likely N-dealkylation sites (tertiary alicyclic amines) is 3. The zero-order valence-corrected chi connectivity index (χ0v) is 21.1. The Hall–Kier alpha value is -2.49. The van der Waals surface area contributed by atoms with Crippen LogP contribution >= 0.6 is 0 Å². The molecule has 1 spiro atoms. The van der Waals surface area contributed by atoms with Gasteiger partial charge >= 0.3 is 12.3 Å². The number of benzene rings is 1. The molecule has 1 atom stereocenters. The topological polar surface area (TPSA) is 62.3 Å². The molecule has 1 unspecified atom stereocenters. The fraction of sp³-hybridized carbons (Fsp3) is 0.692. The van der Waals surface area contributed by atoms with Gasteiger partial charge in [-0.05, 0) is 82.2 Å². The minimum Gasteiger partial charge on any atom is -0.484 e. The van der Waals surface area contributed by atoms with Crippen LogP contribution in [-0.4, -0.2) is 83.9 Å². The molecule has 3 aliphatic rings. The monoisotopic (exact) mass is 511 g/mol. The lowest BCUT2D eigenvalue weighted by atomic mass is 9.85. The number of hydrogen-bond acceptors (Lipinski definition) is 5. The van der Waals surface area contributed by atoms with Crippen molar-refractivity contribution in [2.75, 3.05) is 39.3 Å². The van der Waals surface area contributed by atoms with Crippen molar-refractivity contribution >= 4 is 12.0 Å². The van der Waals surface area contributed by atoms with Crippen molar-refractivity contribution in [2.24, 2.45) is 0 Å². The largest absolute Gasteiger partial charge is 0.484 e. The van der Waals surface area contributed by atoms with Crippen molar-refractivity contribution in [3.63, 3.8) is 0 Å². The molecule has 0 radical (unpaired) electrons. The third kappa shape index (κ3) is 6.25. The molecule has 0 aliphatic carbocycles. The number of ether oxygens (including phenoxy) is 2. The Balaban J connectivity index is 1.34. The highest BCUT2D eigenvalue weighted by molar-refractivity contribution is 5.78. The molecule has 1 aromatic carbocycles. The van der Waals surface area contributed by atoms with Crippen molar-refractivity contribution in [2.45, 2.75) is 76.7 Å². The molecule has 4 rings (SSSR count). The van der Waals surface area contributed by atoms with Crippen molar-refractivity contribution in [3.05, 3.63) is 29.3 Å². The predicted octanol–water partition coefficient (Wildman–Crippen LogP) is 4.51. The first-order valence-corrected chi connectivity index (χ1v) is 12.8. The van der Waals surface area contributed by atoms with Gasteiger partial charge in [0.2, 0.25) is 0 Å². The standard InChI is InChI=1S/C26H36F3N3O4/c1-19-14-21(16-22(15-19)35-18-23(33)30-9-3-4-10-30)17-32-11-5-6-25(32)7-12-31(13-8-25)24(34)36-20(2)26(27,28)29/h14-16,20H,3-13,17-18H2,1-2H3. The fourth-order valence-electron chi connectivity index (χ4n) is 5.63. The van der Waals surface area contributed by atoms with Crippen LogP contribution in [-0.2, 0) is 16.1 Å². The van der Waals surface area contributed by atoms with E-state index in [1.807, 2.05) is 24.0 Å². The maximum Gasteiger partial charge on any atom is 0.425 e. The third-order valence-electron chi connectivity index (χ3n) is 7.74. The SMILES string of the molecule is Cc1cc(CN2CCCC23CCN(C(=O)OC(C)C(F)(F)F)CC3)cc(OCC(=O)N2CCCC2)c1. The molecule has 3 fully saturated rings. The molecule has 0 N–H and O–H groups in total. The number of piperidine rings is 1. The maximum atomic E-state index is 12.8. The van der Waals surface area contributed by atoms with E-state index in [0.717, 1.165) is 63.4 Å². The van der Waals surface area contributed by atoms with Crippen LogP contribution in [0.15, 0.2) is 18.2 Å². The summed E-state index contributed by atoms with van der Waals surface area (Å²) in [6.07, 6.45) is -2.07. The van der Waals surface area contributed by atoms with Gasteiger partial charge in [0.25, 0.3) is 5.91 Å². The molecule has 200 valence electrons. The number of amides is 2. The second kappa shape index (κ2) is 10.9. The van der Waals surface area contributed by atoms with Gasteiger partial charge in [-0.1, -0.05) is 6.07 Å². The number of alkyl halides is 3. The summed E-state index contributed by atoms with van der Waals surface area (Å²) in [5, 5.41) is 0. The Kier molecular flexibility index (Phi) is 8.02. The van der Waals surface area contributed by atoms with Crippen LogP contribution in [0.3, 0.4) is 0 Å². The van der Waals surface area contributed by atoms with Crippen molar-refractivity contribution in [3.8, 4) is 5.75 Å². The van der Waals surface area contributed by atoms with Crippen LogP contribution < -0.4 is 4.74 Å². The van der Waals surface area contributed by atoms with E-state index in [1.165, 1.54) is 4.90 Å². The summed E-state index contributed by atoms with van der Waals surface area (Å²) in [6, 6.07) is 6.04. The van der Waals surface area contributed by atoms with E-state index in [4.69, 9.17) is 4.74 Å². The van der Waals surface area contributed by atoms with Crippen molar-refractivity contribution in [1.82, 2.24) is 14.7 Å². The average Bonchev–Trinajstić information content (AvgIpc) is 3.48. The van der Waals surface area contributed by atoms with Crippen LogP contribution in [0.5, 0.6) is 5.75 Å². The van der Waals surface area contributed by atoms with E-state index < -0.39 is 18.4 Å². The molecule has 0 bridgehead atoms. The fourth-order valence-corrected chi connectivity index (χ4v) is 5.63. The van der Waals surface area contributed by atoms with Crippen LogP contribution in [0.2, 0.25) is 0 Å². The molecule has 36 heavy (non-hydrogen) atoms. The van der Waals surface area contributed by atoms with E-state index in [0.29, 0.717) is 38.2 Å². The molecule has 10 heteroatoms. The molecule has 1 aromatic rings. The predicted molar refractivity (Wildman–Crippen MR) is 128 cm³/mol. The van der Waals surface area contributed by atoms with E-state index in [2.05, 4.69) is 15.7 Å². The Labute approximate surface area is 210 Å². The highest BCUT2D eigenvalue weighted by Crippen LogP contribution is 2.40. The summed E-state index contributed by atoms with van der Waals surface area (Å²) in [5.74, 6) is 0.700. The maximum absolute atomic E-state index is 12.8. The zero-order valence-electron chi connectivity index (χ0n) is 21.1. The molecule has 2 amide bonds. The number of carbonyl (C=O) groups is 2. The smallest absolute Gasteiger partial charge is 0.425 e. The van der Waals surface area contributed by atoms with E-state index >= 15 is 0 Å². The third-order valence-corrected chi connectivity index (χ3v) is 7.74. The molecule has 3 aliphatic heterocycles. The molecular formula is C26H36F3N3O4. The van der Waals surface area contributed by atoms with Gasteiger partial charge in [0.15, 0.2) is 12.7 Å². The summed E-state index contributed by atoms with van der Waals surface area (Å²) in [7, 11) is 0. The van der Waals surface area contributed by atoms with E-state index in [1.54, 1.807) is 0 Å². The number of halogens is 3. The minimum atomic E-state index is -4.56. The van der Waals surface area contributed by atoms with Gasteiger partial charge in [-0.2, -0.15) is 13.2 Å². The molecule has 3 heterocycles. The van der Waals surface area contributed by atoms with Crippen molar-refractivity contribution < 1.29 is 32.2 Å². The van der Waals surface area contributed by atoms with Gasteiger partial charge in [-0.3, -0.25) is 9.69 Å². The minimum absolute atomic E-state index is 0.0176. The Morgan fingerprint density at radius 1 is 0.972 bits per heavy atom. The number of hydrogen-bond donors (Lipinski definition) is 0. The van der Waals surface area contributed by atoms with Crippen LogP contribution in [0.1, 0.15) is 56.6 Å².